The molecule has 5 heteroatoms. The van der Waals surface area contributed by atoms with Crippen molar-refractivity contribution in [3.63, 3.8) is 0 Å². The summed E-state index contributed by atoms with van der Waals surface area (Å²) in [5, 5.41) is 0. The van der Waals surface area contributed by atoms with E-state index in [1.54, 1.807) is 0 Å². The predicted molar refractivity (Wildman–Crippen MR) is 189 cm³/mol. The highest BCUT2D eigenvalue weighted by Crippen LogP contribution is 2.31. The fourth-order valence-corrected chi connectivity index (χ4v) is 6.43. The zero-order chi connectivity index (χ0) is 30.0. The van der Waals surface area contributed by atoms with Gasteiger partial charge in [-0.2, -0.15) is 0 Å². The number of nitrogens with zero attached hydrogens (tertiary/aromatic N) is 3. The van der Waals surface area contributed by atoms with Crippen LogP contribution in [0.2, 0.25) is 0 Å². The van der Waals surface area contributed by atoms with Gasteiger partial charge in [-0.05, 0) is 79.3 Å². The Morgan fingerprint density at radius 1 is 0.636 bits per heavy atom. The molecular weight excluding hydrogens is 538 g/mol. The van der Waals surface area contributed by atoms with Crippen LogP contribution in [0, 0.1) is 0 Å². The minimum absolute atomic E-state index is 0.920. The lowest BCUT2D eigenvalue weighted by molar-refractivity contribution is 0.411. The van der Waals surface area contributed by atoms with Crippen molar-refractivity contribution in [2.45, 2.75) is 84.0 Å². The third-order valence-electron chi connectivity index (χ3n) is 8.81. The zero-order valence-corrected chi connectivity index (χ0v) is 26.3. The molecule has 0 amide bonds. The van der Waals surface area contributed by atoms with Crippen molar-refractivity contribution in [1.82, 2.24) is 24.8 Å². The first-order valence-corrected chi connectivity index (χ1v) is 16.9. The standard InChI is InChI=1S/C39H47N5/c1-2-3-4-5-6-7-8-9-10-11-12-14-25-44-26-15-13-16-38(44)39-36-23-21-34(42-36)28-32-19-17-30(40-32)27-31-18-20-33(41-31)29-35-22-24-37(39)43-35/h13,15-24,27-29,40,42H,2-12,14,25-26H2,1H3. The fourth-order valence-electron chi connectivity index (χ4n) is 6.43. The van der Waals surface area contributed by atoms with Gasteiger partial charge in [0.1, 0.15) is 0 Å². The average Bonchev–Trinajstić information content (AvgIpc) is 3.85. The van der Waals surface area contributed by atoms with Gasteiger partial charge in [-0.15, -0.1) is 0 Å². The van der Waals surface area contributed by atoms with Crippen LogP contribution in [-0.2, 0) is 0 Å². The van der Waals surface area contributed by atoms with E-state index in [0.29, 0.717) is 0 Å². The molecule has 0 spiro atoms. The summed E-state index contributed by atoms with van der Waals surface area (Å²) in [6, 6.07) is 14.9. The van der Waals surface area contributed by atoms with Crippen molar-refractivity contribution in [3.8, 4) is 0 Å². The van der Waals surface area contributed by atoms with Gasteiger partial charge in [0.15, 0.2) is 0 Å². The lowest BCUT2D eigenvalue weighted by Gasteiger charge is -2.29. The van der Waals surface area contributed by atoms with E-state index >= 15 is 0 Å². The van der Waals surface area contributed by atoms with Crippen molar-refractivity contribution < 1.29 is 0 Å². The highest BCUT2D eigenvalue weighted by Gasteiger charge is 2.19. The van der Waals surface area contributed by atoms with Crippen LogP contribution in [0.5, 0.6) is 0 Å². The average molecular weight is 586 g/mol. The van der Waals surface area contributed by atoms with Gasteiger partial charge in [0.2, 0.25) is 0 Å². The van der Waals surface area contributed by atoms with Crippen LogP contribution in [0.25, 0.3) is 52.1 Å². The second-order valence-corrected chi connectivity index (χ2v) is 12.4. The molecular formula is C39H47N5. The van der Waals surface area contributed by atoms with E-state index in [9.17, 15) is 0 Å². The molecule has 3 aromatic rings. The van der Waals surface area contributed by atoms with Gasteiger partial charge < -0.3 is 14.9 Å². The molecule has 0 saturated heterocycles. The SMILES string of the molecule is CCCCCCCCCCCCCCN1CC=CC=C1c1c2nc(cc3nc(cc4ccc(cc5ccc1[nH]5)[nH]4)C=C3)C=C2. The molecule has 3 aromatic heterocycles. The molecule has 6 rings (SSSR count). The number of aromatic amines is 2. The van der Waals surface area contributed by atoms with E-state index in [-0.39, 0.29) is 0 Å². The summed E-state index contributed by atoms with van der Waals surface area (Å²) in [5.74, 6) is 0. The molecule has 0 aliphatic carbocycles. The van der Waals surface area contributed by atoms with E-state index in [2.05, 4.69) is 107 Å². The molecule has 0 saturated carbocycles. The smallest absolute Gasteiger partial charge is 0.0751 e. The van der Waals surface area contributed by atoms with Crippen LogP contribution in [0.4, 0.5) is 0 Å². The number of nitrogens with one attached hydrogen (secondary N) is 2. The quantitative estimate of drug-likeness (QED) is 0.127. The van der Waals surface area contributed by atoms with E-state index in [1.165, 1.54) is 82.7 Å². The maximum Gasteiger partial charge on any atom is 0.0751 e. The molecule has 44 heavy (non-hydrogen) atoms. The van der Waals surface area contributed by atoms with Crippen LogP contribution >= 0.6 is 0 Å². The Morgan fingerprint density at radius 2 is 1.25 bits per heavy atom. The summed E-state index contributed by atoms with van der Waals surface area (Å²) in [4.78, 5) is 19.6. The largest absolute Gasteiger partial charge is 0.367 e. The van der Waals surface area contributed by atoms with E-state index in [0.717, 1.165) is 63.5 Å². The Hall–Kier alpha value is -4.12. The Bertz CT molecular complexity index is 1700. The minimum Gasteiger partial charge on any atom is -0.367 e. The van der Waals surface area contributed by atoms with Gasteiger partial charge in [0, 0.05) is 40.9 Å². The number of hydrogen-bond acceptors (Lipinski definition) is 3. The van der Waals surface area contributed by atoms with Gasteiger partial charge in [-0.25, -0.2) is 9.97 Å². The Labute approximate surface area is 262 Å². The molecule has 0 radical (unpaired) electrons. The number of allylic oxidation sites excluding steroid dienone is 2. The highest BCUT2D eigenvalue weighted by atomic mass is 15.1. The number of fused-ring (bicyclic) bond motifs is 8. The number of H-pyrrole nitrogens is 2. The Balaban J connectivity index is 1.20. The number of unbranched alkanes of at least 4 members (excludes halogenated alkanes) is 11. The molecule has 0 fully saturated rings. The second-order valence-electron chi connectivity index (χ2n) is 12.4. The van der Waals surface area contributed by atoms with Gasteiger partial charge in [-0.1, -0.05) is 89.7 Å². The maximum atomic E-state index is 5.10. The van der Waals surface area contributed by atoms with Crippen LogP contribution in [0.1, 0.15) is 112 Å². The molecule has 0 atom stereocenters. The van der Waals surface area contributed by atoms with Gasteiger partial charge in [0.25, 0.3) is 0 Å². The number of rotatable bonds is 14. The maximum absolute atomic E-state index is 5.10. The first-order chi connectivity index (χ1) is 21.7. The van der Waals surface area contributed by atoms with Crippen molar-refractivity contribution in [3.05, 3.63) is 89.0 Å². The van der Waals surface area contributed by atoms with Crippen molar-refractivity contribution in [2.75, 3.05) is 13.1 Å². The highest BCUT2D eigenvalue weighted by molar-refractivity contribution is 5.88. The lowest BCUT2D eigenvalue weighted by atomic mass is 10.0. The van der Waals surface area contributed by atoms with Crippen molar-refractivity contribution in [2.24, 2.45) is 0 Å². The first kappa shape index (κ1) is 29.9. The molecule has 0 aromatic carbocycles. The Kier molecular flexibility index (Phi) is 10.2. The van der Waals surface area contributed by atoms with Gasteiger partial charge in [-0.3, -0.25) is 0 Å². The first-order valence-electron chi connectivity index (χ1n) is 16.9. The predicted octanol–water partition coefficient (Wildman–Crippen LogP) is 10.6. The van der Waals surface area contributed by atoms with Crippen LogP contribution in [-0.4, -0.2) is 37.9 Å². The van der Waals surface area contributed by atoms with Crippen LogP contribution < -0.4 is 0 Å². The summed E-state index contributed by atoms with van der Waals surface area (Å²) in [7, 11) is 0. The second kappa shape index (κ2) is 15.1. The van der Waals surface area contributed by atoms with E-state index in [4.69, 9.17) is 9.97 Å². The number of aromatic nitrogens is 4. The summed E-state index contributed by atoms with van der Waals surface area (Å²) < 4.78 is 0. The minimum atomic E-state index is 0.920. The molecule has 3 aliphatic heterocycles. The molecule has 228 valence electrons. The molecule has 2 N–H and O–H groups in total. The summed E-state index contributed by atoms with van der Waals surface area (Å²) in [5.41, 5.74) is 10.4. The summed E-state index contributed by atoms with van der Waals surface area (Å²) in [6.07, 6.45) is 31.5. The molecule has 5 nitrogen and oxygen atoms in total. The van der Waals surface area contributed by atoms with Crippen molar-refractivity contribution >= 4 is 52.1 Å². The zero-order valence-electron chi connectivity index (χ0n) is 26.3. The van der Waals surface area contributed by atoms with E-state index < -0.39 is 0 Å². The van der Waals surface area contributed by atoms with E-state index in [1.807, 2.05) is 0 Å². The number of hydrogen-bond donors (Lipinski definition) is 2. The van der Waals surface area contributed by atoms with Gasteiger partial charge in [0.05, 0.1) is 28.3 Å². The van der Waals surface area contributed by atoms with Crippen LogP contribution in [0.3, 0.4) is 0 Å². The molecule has 3 aliphatic rings. The molecule has 0 unspecified atom stereocenters. The summed E-state index contributed by atoms with van der Waals surface area (Å²) in [6.45, 7) is 4.27. The normalized spacial score (nSPS) is 14.0. The van der Waals surface area contributed by atoms with Crippen molar-refractivity contribution in [1.29, 1.82) is 0 Å². The monoisotopic (exact) mass is 585 g/mol. The third-order valence-corrected chi connectivity index (χ3v) is 8.81. The topological polar surface area (TPSA) is 60.6 Å². The molecule has 6 heterocycles. The Morgan fingerprint density at radius 3 is 2.02 bits per heavy atom. The molecule has 8 bridgehead atoms. The fraction of sp³-hybridized carbons (Fsp3) is 0.385. The lowest BCUT2D eigenvalue weighted by Crippen LogP contribution is -2.25. The van der Waals surface area contributed by atoms with Gasteiger partial charge >= 0.3 is 0 Å². The van der Waals surface area contributed by atoms with Crippen LogP contribution in [0.15, 0.2) is 60.7 Å². The summed E-state index contributed by atoms with van der Waals surface area (Å²) >= 11 is 0. The third kappa shape index (κ3) is 7.88.